The summed E-state index contributed by atoms with van der Waals surface area (Å²) < 4.78 is 2.00. The molecule has 138 valence electrons. The Kier molecular flexibility index (Phi) is 4.05. The van der Waals surface area contributed by atoms with Crippen molar-refractivity contribution in [1.29, 1.82) is 0 Å². The van der Waals surface area contributed by atoms with Crippen molar-refractivity contribution in [3.63, 3.8) is 0 Å². The average molecular weight is 361 g/mol. The number of anilines is 1. The van der Waals surface area contributed by atoms with E-state index < -0.39 is 0 Å². The van der Waals surface area contributed by atoms with Gasteiger partial charge in [0.15, 0.2) is 0 Å². The van der Waals surface area contributed by atoms with Crippen molar-refractivity contribution in [1.82, 2.24) is 19.2 Å². The molecular weight excluding hydrogens is 338 g/mol. The Bertz CT molecular complexity index is 906. The lowest BCUT2D eigenvalue weighted by Crippen LogP contribution is -2.64. The van der Waals surface area contributed by atoms with Gasteiger partial charge in [0.05, 0.1) is 5.56 Å². The lowest BCUT2D eigenvalue weighted by Gasteiger charge is -2.48. The summed E-state index contributed by atoms with van der Waals surface area (Å²) in [7, 11) is 0. The standard InChI is InChI=1S/C21H23N5O/c27-21(17-13-18-5-2-4-8-25(18)14-17)26-15-19(16-26)23-9-11-24(12-10-23)20-6-1-3-7-22-20/h1-8,13-14,19H,9-12,15-16H2. The van der Waals surface area contributed by atoms with Crippen LogP contribution in [0.1, 0.15) is 10.4 Å². The van der Waals surface area contributed by atoms with Gasteiger partial charge in [0, 0.05) is 69.4 Å². The summed E-state index contributed by atoms with van der Waals surface area (Å²) in [5.74, 6) is 1.20. The van der Waals surface area contributed by atoms with Gasteiger partial charge in [0.2, 0.25) is 0 Å². The van der Waals surface area contributed by atoms with Crippen molar-refractivity contribution >= 4 is 17.2 Å². The van der Waals surface area contributed by atoms with E-state index in [0.717, 1.165) is 56.2 Å². The van der Waals surface area contributed by atoms with Crippen LogP contribution >= 0.6 is 0 Å². The number of rotatable bonds is 3. The zero-order chi connectivity index (χ0) is 18.2. The van der Waals surface area contributed by atoms with Crippen molar-refractivity contribution in [3.05, 3.63) is 66.6 Å². The second kappa shape index (κ2) is 6.70. The normalized spacial score (nSPS) is 18.7. The molecule has 2 aliphatic rings. The first-order chi connectivity index (χ1) is 13.3. The monoisotopic (exact) mass is 361 g/mol. The van der Waals surface area contributed by atoms with Crippen molar-refractivity contribution in [2.24, 2.45) is 0 Å². The first-order valence-corrected chi connectivity index (χ1v) is 9.54. The van der Waals surface area contributed by atoms with Crippen LogP contribution in [0.5, 0.6) is 0 Å². The van der Waals surface area contributed by atoms with Crippen LogP contribution in [-0.2, 0) is 0 Å². The summed E-state index contributed by atoms with van der Waals surface area (Å²) in [6, 6.07) is 14.5. The van der Waals surface area contributed by atoms with Crippen molar-refractivity contribution in [2.45, 2.75) is 6.04 Å². The number of piperazine rings is 1. The molecule has 0 aromatic carbocycles. The van der Waals surface area contributed by atoms with Crippen LogP contribution in [0.4, 0.5) is 5.82 Å². The van der Waals surface area contributed by atoms with E-state index in [2.05, 4.69) is 20.9 Å². The number of carbonyl (C=O) groups excluding carboxylic acids is 1. The average Bonchev–Trinajstić information content (AvgIpc) is 3.12. The highest BCUT2D eigenvalue weighted by molar-refractivity contribution is 5.96. The molecule has 2 fully saturated rings. The Balaban J connectivity index is 1.16. The molecule has 0 spiro atoms. The van der Waals surface area contributed by atoms with Gasteiger partial charge in [-0.3, -0.25) is 9.69 Å². The van der Waals surface area contributed by atoms with Crippen LogP contribution in [0.25, 0.3) is 5.52 Å². The van der Waals surface area contributed by atoms with E-state index in [4.69, 9.17) is 0 Å². The molecule has 3 aromatic heterocycles. The van der Waals surface area contributed by atoms with Crippen LogP contribution in [0, 0.1) is 0 Å². The molecule has 5 rings (SSSR count). The van der Waals surface area contributed by atoms with Crippen LogP contribution < -0.4 is 4.90 Å². The fourth-order valence-electron chi connectivity index (χ4n) is 4.06. The third kappa shape index (κ3) is 3.06. The van der Waals surface area contributed by atoms with E-state index in [0.29, 0.717) is 6.04 Å². The molecule has 6 heteroatoms. The number of hydrogen-bond donors (Lipinski definition) is 0. The van der Waals surface area contributed by atoms with Gasteiger partial charge in [-0.1, -0.05) is 12.1 Å². The molecule has 0 saturated carbocycles. The highest BCUT2D eigenvalue weighted by atomic mass is 16.2. The van der Waals surface area contributed by atoms with Crippen LogP contribution in [0.2, 0.25) is 0 Å². The van der Waals surface area contributed by atoms with Gasteiger partial charge in [-0.15, -0.1) is 0 Å². The molecule has 0 radical (unpaired) electrons. The quantitative estimate of drug-likeness (QED) is 0.716. The second-order valence-corrected chi connectivity index (χ2v) is 7.34. The van der Waals surface area contributed by atoms with E-state index in [9.17, 15) is 4.79 Å². The Morgan fingerprint density at radius 3 is 2.56 bits per heavy atom. The van der Waals surface area contributed by atoms with Crippen LogP contribution in [0.3, 0.4) is 0 Å². The molecule has 0 unspecified atom stereocenters. The molecule has 0 N–H and O–H groups in total. The Labute approximate surface area is 158 Å². The Morgan fingerprint density at radius 1 is 1.00 bits per heavy atom. The molecular formula is C21H23N5O. The summed E-state index contributed by atoms with van der Waals surface area (Å²) in [6.07, 6.45) is 5.76. The molecule has 3 aromatic rings. The lowest BCUT2D eigenvalue weighted by atomic mass is 10.0. The number of likely N-dealkylation sites (tertiary alicyclic amines) is 1. The minimum absolute atomic E-state index is 0.141. The molecule has 6 nitrogen and oxygen atoms in total. The third-order valence-electron chi connectivity index (χ3n) is 5.70. The number of nitrogens with zero attached hydrogens (tertiary/aromatic N) is 5. The van der Waals surface area contributed by atoms with Gasteiger partial charge < -0.3 is 14.2 Å². The van der Waals surface area contributed by atoms with Crippen LogP contribution in [-0.4, -0.2) is 70.4 Å². The molecule has 2 saturated heterocycles. The van der Waals surface area contributed by atoms with Gasteiger partial charge in [-0.05, 0) is 30.3 Å². The molecule has 2 aliphatic heterocycles. The summed E-state index contributed by atoms with van der Waals surface area (Å²) >= 11 is 0. The van der Waals surface area contributed by atoms with Gasteiger partial charge in [-0.25, -0.2) is 4.98 Å². The van der Waals surface area contributed by atoms with E-state index in [1.165, 1.54) is 0 Å². The first kappa shape index (κ1) is 16.3. The summed E-state index contributed by atoms with van der Waals surface area (Å²) in [6.45, 7) is 5.70. The third-order valence-corrected chi connectivity index (χ3v) is 5.70. The molecule has 0 atom stereocenters. The summed E-state index contributed by atoms with van der Waals surface area (Å²) in [5.41, 5.74) is 1.84. The minimum Gasteiger partial charge on any atom is -0.354 e. The lowest BCUT2D eigenvalue weighted by molar-refractivity contribution is 0.0246. The van der Waals surface area contributed by atoms with E-state index in [1.54, 1.807) is 0 Å². The molecule has 5 heterocycles. The van der Waals surface area contributed by atoms with Gasteiger partial charge in [0.25, 0.3) is 5.91 Å². The minimum atomic E-state index is 0.141. The first-order valence-electron chi connectivity index (χ1n) is 9.54. The highest BCUT2D eigenvalue weighted by Crippen LogP contribution is 2.22. The summed E-state index contributed by atoms with van der Waals surface area (Å²) in [4.78, 5) is 24.0. The van der Waals surface area contributed by atoms with Crippen LogP contribution in [0.15, 0.2) is 61.1 Å². The van der Waals surface area contributed by atoms with Crippen molar-refractivity contribution in [2.75, 3.05) is 44.2 Å². The largest absolute Gasteiger partial charge is 0.354 e. The second-order valence-electron chi connectivity index (χ2n) is 7.34. The maximum Gasteiger partial charge on any atom is 0.255 e. The van der Waals surface area contributed by atoms with E-state index >= 15 is 0 Å². The molecule has 0 bridgehead atoms. The maximum atomic E-state index is 12.7. The Hall–Kier alpha value is -2.86. The number of amides is 1. The van der Waals surface area contributed by atoms with Gasteiger partial charge in [-0.2, -0.15) is 0 Å². The number of carbonyl (C=O) groups is 1. The molecule has 1 amide bonds. The van der Waals surface area contributed by atoms with Crippen molar-refractivity contribution in [3.8, 4) is 0 Å². The van der Waals surface area contributed by atoms with Gasteiger partial charge >= 0.3 is 0 Å². The molecule has 0 aliphatic carbocycles. The highest BCUT2D eigenvalue weighted by Gasteiger charge is 2.36. The number of fused-ring (bicyclic) bond motifs is 1. The fraction of sp³-hybridized carbons (Fsp3) is 0.333. The predicted molar refractivity (Wildman–Crippen MR) is 105 cm³/mol. The Morgan fingerprint density at radius 2 is 1.81 bits per heavy atom. The zero-order valence-corrected chi connectivity index (χ0v) is 15.2. The number of aromatic nitrogens is 2. The molecule has 27 heavy (non-hydrogen) atoms. The predicted octanol–water partition coefficient (Wildman–Crippen LogP) is 1.98. The summed E-state index contributed by atoms with van der Waals surface area (Å²) in [5, 5.41) is 0. The SMILES string of the molecule is O=C(c1cc2ccccn2c1)N1CC(N2CCN(c3ccccn3)CC2)C1. The van der Waals surface area contributed by atoms with E-state index in [1.807, 2.05) is 64.3 Å². The van der Waals surface area contributed by atoms with Crippen molar-refractivity contribution < 1.29 is 4.79 Å². The smallest absolute Gasteiger partial charge is 0.255 e. The van der Waals surface area contributed by atoms with Gasteiger partial charge in [0.1, 0.15) is 5.82 Å². The number of pyridine rings is 2. The topological polar surface area (TPSA) is 44.1 Å². The van der Waals surface area contributed by atoms with E-state index in [-0.39, 0.29) is 5.91 Å². The zero-order valence-electron chi connectivity index (χ0n) is 15.2. The maximum absolute atomic E-state index is 12.7. The fourth-order valence-corrected chi connectivity index (χ4v) is 4.06. The number of hydrogen-bond acceptors (Lipinski definition) is 4.